The average molecular weight is 466 g/mol. The summed E-state index contributed by atoms with van der Waals surface area (Å²) in [4.78, 5) is 4.62. The fourth-order valence-electron chi connectivity index (χ4n) is 4.24. The Morgan fingerprint density at radius 2 is 1.75 bits per heavy atom. The molecule has 1 aliphatic rings. The molecule has 0 amide bonds. The van der Waals surface area contributed by atoms with Gasteiger partial charge in [-0.05, 0) is 60.0 Å². The highest BCUT2D eigenvalue weighted by atomic mass is 35.5. The summed E-state index contributed by atoms with van der Waals surface area (Å²) < 4.78 is 0. The van der Waals surface area contributed by atoms with Gasteiger partial charge in [-0.2, -0.15) is 5.26 Å². The molecule has 0 radical (unpaired) electrons. The Kier molecular flexibility index (Phi) is 7.03. The number of nitriles is 1. The lowest BCUT2D eigenvalue weighted by Gasteiger charge is -2.44. The van der Waals surface area contributed by atoms with Crippen LogP contribution in [-0.4, -0.2) is 36.2 Å². The van der Waals surface area contributed by atoms with Crippen molar-refractivity contribution in [3.63, 3.8) is 0 Å². The normalized spacial score (nSPS) is 17.7. The van der Waals surface area contributed by atoms with E-state index in [4.69, 9.17) is 28.5 Å². The number of piperazine rings is 1. The molecule has 164 valence electrons. The van der Waals surface area contributed by atoms with Gasteiger partial charge in [0.1, 0.15) is 0 Å². The number of rotatable bonds is 5. The first-order chi connectivity index (χ1) is 15.4. The van der Waals surface area contributed by atoms with Crippen LogP contribution in [0.2, 0.25) is 10.0 Å². The highest BCUT2D eigenvalue weighted by Crippen LogP contribution is 2.36. The van der Waals surface area contributed by atoms with Crippen molar-refractivity contribution in [2.45, 2.75) is 19.1 Å². The molecule has 0 spiro atoms. The Morgan fingerprint density at radius 1 is 1.03 bits per heavy atom. The first kappa shape index (κ1) is 22.6. The van der Waals surface area contributed by atoms with E-state index in [1.807, 2.05) is 37.3 Å². The number of anilines is 1. The molecule has 0 aromatic heterocycles. The molecule has 4 nitrogen and oxygen atoms in total. The van der Waals surface area contributed by atoms with Crippen molar-refractivity contribution >= 4 is 28.9 Å². The van der Waals surface area contributed by atoms with E-state index in [1.54, 1.807) is 12.1 Å². The van der Waals surface area contributed by atoms with E-state index < -0.39 is 6.10 Å². The molecule has 0 aliphatic carbocycles. The molecule has 2 atom stereocenters. The minimum Gasteiger partial charge on any atom is -0.387 e. The minimum absolute atomic E-state index is 0.0781. The second-order valence-electron chi connectivity index (χ2n) is 8.22. The molecule has 3 aromatic rings. The lowest BCUT2D eigenvalue weighted by atomic mass is 10.00. The summed E-state index contributed by atoms with van der Waals surface area (Å²) in [6, 6.07) is 23.4. The number of nitrogens with zero attached hydrogens (tertiary/aromatic N) is 3. The van der Waals surface area contributed by atoms with Gasteiger partial charge < -0.3 is 10.0 Å². The van der Waals surface area contributed by atoms with E-state index in [2.05, 4.69) is 40.1 Å². The van der Waals surface area contributed by atoms with Gasteiger partial charge in [-0.15, -0.1) is 0 Å². The number of hydrogen-bond donors (Lipinski definition) is 1. The van der Waals surface area contributed by atoms with Gasteiger partial charge in [0.25, 0.3) is 0 Å². The van der Waals surface area contributed by atoms with Gasteiger partial charge in [-0.3, -0.25) is 4.90 Å². The Hall–Kier alpha value is -2.55. The highest BCUT2D eigenvalue weighted by Gasteiger charge is 2.30. The third-order valence-corrected chi connectivity index (χ3v) is 6.54. The molecule has 6 heteroatoms. The fraction of sp³-hybridized carbons (Fsp3) is 0.269. The van der Waals surface area contributed by atoms with Crippen LogP contribution in [0, 0.1) is 18.3 Å². The number of aliphatic hydroxyl groups is 1. The molecule has 0 bridgehead atoms. The van der Waals surface area contributed by atoms with Gasteiger partial charge in [0.15, 0.2) is 0 Å². The molecule has 1 saturated heterocycles. The van der Waals surface area contributed by atoms with E-state index in [0.717, 1.165) is 47.0 Å². The van der Waals surface area contributed by atoms with Crippen LogP contribution in [0.1, 0.15) is 34.4 Å². The Labute approximate surface area is 199 Å². The van der Waals surface area contributed by atoms with Gasteiger partial charge in [-0.1, -0.05) is 53.5 Å². The van der Waals surface area contributed by atoms with E-state index >= 15 is 0 Å². The third kappa shape index (κ3) is 5.09. The van der Waals surface area contributed by atoms with Gasteiger partial charge in [0, 0.05) is 31.2 Å². The number of benzene rings is 3. The lowest BCUT2D eigenvalue weighted by molar-refractivity contribution is 0.100. The van der Waals surface area contributed by atoms with Crippen LogP contribution in [0.4, 0.5) is 5.69 Å². The van der Waals surface area contributed by atoms with E-state index in [-0.39, 0.29) is 6.04 Å². The Balaban J connectivity index is 1.56. The van der Waals surface area contributed by atoms with Crippen molar-refractivity contribution in [2.24, 2.45) is 0 Å². The largest absolute Gasteiger partial charge is 0.387 e. The predicted octanol–water partition coefficient (Wildman–Crippen LogP) is 5.77. The summed E-state index contributed by atoms with van der Waals surface area (Å²) >= 11 is 12.8. The summed E-state index contributed by atoms with van der Waals surface area (Å²) in [5.74, 6) is 0. The smallest absolute Gasteiger partial charge is 0.0991 e. The van der Waals surface area contributed by atoms with Crippen LogP contribution < -0.4 is 4.90 Å². The second-order valence-corrected chi connectivity index (χ2v) is 9.07. The quantitative estimate of drug-likeness (QED) is 0.519. The molecular weight excluding hydrogens is 441 g/mol. The molecule has 32 heavy (non-hydrogen) atoms. The van der Waals surface area contributed by atoms with Crippen LogP contribution in [0.5, 0.6) is 0 Å². The van der Waals surface area contributed by atoms with Crippen LogP contribution in [0.3, 0.4) is 0 Å². The first-order valence-electron chi connectivity index (χ1n) is 10.6. The monoisotopic (exact) mass is 465 g/mol. The second kappa shape index (κ2) is 9.94. The van der Waals surface area contributed by atoms with E-state index in [0.29, 0.717) is 17.1 Å². The van der Waals surface area contributed by atoms with Crippen LogP contribution >= 0.6 is 23.2 Å². The van der Waals surface area contributed by atoms with Crippen molar-refractivity contribution in [1.29, 1.82) is 5.26 Å². The Bertz CT molecular complexity index is 1110. The van der Waals surface area contributed by atoms with Gasteiger partial charge in [-0.25, -0.2) is 0 Å². The summed E-state index contributed by atoms with van der Waals surface area (Å²) in [5.41, 5.74) is 4.71. The Morgan fingerprint density at radius 3 is 2.41 bits per heavy atom. The number of β-amino-alcohol motifs (C(OH)–C–C–N with tert-alkyl or cyclic N) is 1. The molecule has 1 N–H and O–H groups in total. The van der Waals surface area contributed by atoms with Crippen LogP contribution in [0.15, 0.2) is 66.7 Å². The number of aryl methyl sites for hydroxylation is 1. The van der Waals surface area contributed by atoms with Crippen molar-refractivity contribution in [3.8, 4) is 6.07 Å². The average Bonchev–Trinajstić information content (AvgIpc) is 2.80. The molecule has 0 saturated carbocycles. The van der Waals surface area contributed by atoms with Crippen molar-refractivity contribution in [1.82, 2.24) is 4.90 Å². The number of hydrogen-bond acceptors (Lipinski definition) is 4. The van der Waals surface area contributed by atoms with E-state index in [9.17, 15) is 5.11 Å². The zero-order chi connectivity index (χ0) is 22.7. The summed E-state index contributed by atoms with van der Waals surface area (Å²) in [6.45, 7) is 4.90. The van der Waals surface area contributed by atoms with Crippen LogP contribution in [0.25, 0.3) is 0 Å². The fourth-order valence-corrected chi connectivity index (χ4v) is 4.71. The van der Waals surface area contributed by atoms with E-state index in [1.165, 1.54) is 0 Å². The van der Waals surface area contributed by atoms with Gasteiger partial charge in [0.2, 0.25) is 0 Å². The summed E-state index contributed by atoms with van der Waals surface area (Å²) in [7, 11) is 0. The number of halogens is 2. The molecule has 1 aliphatic heterocycles. The molecule has 3 aromatic carbocycles. The molecular formula is C26H25Cl2N3O. The van der Waals surface area contributed by atoms with Crippen molar-refractivity contribution in [3.05, 3.63) is 99.0 Å². The zero-order valence-corrected chi connectivity index (χ0v) is 19.4. The standard InChI is InChI=1S/C26H25Cl2N3O/c1-18-2-11-24(23(28)14-18)31-13-12-30(16-25(31)20-7-9-22(27)10-8-20)17-26(32)21-5-3-19(15-29)4-6-21/h2-11,14,25-26,32H,12-13,16-17H2,1H3/t25-,26+/m0/s1. The number of aliphatic hydroxyl groups excluding tert-OH is 1. The minimum atomic E-state index is -0.622. The molecule has 1 fully saturated rings. The topological polar surface area (TPSA) is 50.5 Å². The van der Waals surface area contributed by atoms with Gasteiger partial charge >= 0.3 is 0 Å². The molecule has 4 rings (SSSR count). The van der Waals surface area contributed by atoms with Gasteiger partial charge in [0.05, 0.1) is 34.5 Å². The maximum absolute atomic E-state index is 10.8. The maximum Gasteiger partial charge on any atom is 0.0991 e. The van der Waals surface area contributed by atoms with Crippen molar-refractivity contribution in [2.75, 3.05) is 31.1 Å². The van der Waals surface area contributed by atoms with Crippen LogP contribution in [-0.2, 0) is 0 Å². The first-order valence-corrected chi connectivity index (χ1v) is 11.4. The highest BCUT2D eigenvalue weighted by molar-refractivity contribution is 6.33. The predicted molar refractivity (Wildman–Crippen MR) is 130 cm³/mol. The summed E-state index contributed by atoms with van der Waals surface area (Å²) in [6.07, 6.45) is -0.622. The SMILES string of the molecule is Cc1ccc(N2CCN(C[C@@H](O)c3ccc(C#N)cc3)C[C@H]2c2ccc(Cl)cc2)c(Cl)c1. The zero-order valence-electron chi connectivity index (χ0n) is 17.9. The third-order valence-electron chi connectivity index (χ3n) is 5.99. The summed E-state index contributed by atoms with van der Waals surface area (Å²) in [5, 5.41) is 21.3. The maximum atomic E-state index is 10.8. The molecule has 0 unspecified atom stereocenters. The van der Waals surface area contributed by atoms with Crippen molar-refractivity contribution < 1.29 is 5.11 Å². The molecule has 1 heterocycles. The lowest BCUT2D eigenvalue weighted by Crippen LogP contribution is -2.49.